The maximum atomic E-state index is 12.3. The van der Waals surface area contributed by atoms with Crippen LogP contribution in [0.4, 0.5) is 0 Å². The fraction of sp³-hybridized carbons (Fsp3) is 0.774. The Bertz CT molecular complexity index is 783. The molecular formula is C31H58ClN3O5. The third-order valence-electron chi connectivity index (χ3n) is 7.25. The van der Waals surface area contributed by atoms with Gasteiger partial charge in [0, 0.05) is 38.6 Å². The summed E-state index contributed by atoms with van der Waals surface area (Å²) in [6, 6.07) is 5.76. The lowest BCUT2D eigenvalue weighted by Crippen LogP contribution is -2.41. The van der Waals surface area contributed by atoms with Gasteiger partial charge in [0.2, 0.25) is 5.91 Å². The van der Waals surface area contributed by atoms with Crippen molar-refractivity contribution in [3.05, 3.63) is 23.8 Å². The van der Waals surface area contributed by atoms with Crippen LogP contribution in [0.3, 0.4) is 0 Å². The van der Waals surface area contributed by atoms with E-state index < -0.39 is 12.1 Å². The number of methoxy groups -OCH3 is 1. The van der Waals surface area contributed by atoms with Crippen molar-refractivity contribution in [2.24, 2.45) is 29.2 Å². The summed E-state index contributed by atoms with van der Waals surface area (Å²) >= 11 is 0. The summed E-state index contributed by atoms with van der Waals surface area (Å²) in [6.45, 7) is 11.5. The van der Waals surface area contributed by atoms with Gasteiger partial charge >= 0.3 is 0 Å². The lowest BCUT2D eigenvalue weighted by atomic mass is 9.82. The highest BCUT2D eigenvalue weighted by molar-refractivity contribution is 5.85. The fourth-order valence-corrected chi connectivity index (χ4v) is 4.51. The van der Waals surface area contributed by atoms with Gasteiger partial charge in [0.15, 0.2) is 11.5 Å². The molecule has 0 saturated heterocycles. The molecule has 0 aliphatic rings. The van der Waals surface area contributed by atoms with E-state index in [1.165, 1.54) is 0 Å². The van der Waals surface area contributed by atoms with Gasteiger partial charge in [-0.25, -0.2) is 0 Å². The highest BCUT2D eigenvalue weighted by Gasteiger charge is 2.26. The zero-order chi connectivity index (χ0) is 29.0. The molecule has 8 nitrogen and oxygen atoms in total. The molecule has 0 aromatic heterocycles. The van der Waals surface area contributed by atoms with Crippen molar-refractivity contribution in [3.8, 4) is 11.5 Å². The summed E-state index contributed by atoms with van der Waals surface area (Å²) in [5, 5.41) is 13.8. The van der Waals surface area contributed by atoms with E-state index in [2.05, 4.69) is 38.2 Å². The molecule has 0 spiro atoms. The van der Waals surface area contributed by atoms with E-state index in [4.69, 9.17) is 25.7 Å². The Balaban J connectivity index is 0.0000152. The predicted molar refractivity (Wildman–Crippen MR) is 166 cm³/mol. The summed E-state index contributed by atoms with van der Waals surface area (Å²) in [5.74, 6) is 1.85. The third-order valence-corrected chi connectivity index (χ3v) is 7.25. The Labute approximate surface area is 249 Å². The molecule has 6 N–H and O–H groups in total. The SMILES string of the molecule is CCCCNC(=O)[C@H](C)C[C@H](O)[C@@H](N)C[C@H](Cc1ccc(OCCCCCN)c(OCCCOC)c1)C(C)C.Cl. The van der Waals surface area contributed by atoms with Crippen molar-refractivity contribution in [2.75, 3.05) is 40.0 Å². The summed E-state index contributed by atoms with van der Waals surface area (Å²) in [4.78, 5) is 12.3. The number of ether oxygens (including phenoxy) is 3. The van der Waals surface area contributed by atoms with Gasteiger partial charge in [-0.1, -0.05) is 40.2 Å². The highest BCUT2D eigenvalue weighted by Crippen LogP contribution is 2.32. The number of halogens is 1. The van der Waals surface area contributed by atoms with E-state index in [1.807, 2.05) is 13.0 Å². The number of benzene rings is 1. The van der Waals surface area contributed by atoms with Gasteiger partial charge in [0.05, 0.1) is 19.3 Å². The summed E-state index contributed by atoms with van der Waals surface area (Å²) in [6.07, 6.45) is 6.91. The minimum Gasteiger partial charge on any atom is -0.490 e. The van der Waals surface area contributed by atoms with Crippen molar-refractivity contribution in [1.82, 2.24) is 5.32 Å². The second kappa shape index (κ2) is 23.0. The first-order chi connectivity index (χ1) is 18.7. The number of aliphatic hydroxyl groups excluding tert-OH is 1. The number of carbonyl (C=O) groups is 1. The van der Waals surface area contributed by atoms with Crippen molar-refractivity contribution in [3.63, 3.8) is 0 Å². The second-order valence-corrected chi connectivity index (χ2v) is 11.1. The van der Waals surface area contributed by atoms with Crippen LogP contribution in [-0.4, -0.2) is 63.2 Å². The van der Waals surface area contributed by atoms with Crippen molar-refractivity contribution in [2.45, 2.75) is 97.6 Å². The molecule has 40 heavy (non-hydrogen) atoms. The molecule has 0 saturated carbocycles. The molecule has 0 unspecified atom stereocenters. The summed E-state index contributed by atoms with van der Waals surface area (Å²) in [5.41, 5.74) is 13.2. The van der Waals surface area contributed by atoms with E-state index in [9.17, 15) is 9.90 Å². The van der Waals surface area contributed by atoms with Gasteiger partial charge in [-0.3, -0.25) is 4.79 Å². The first-order valence-corrected chi connectivity index (χ1v) is 15.0. The number of unbranched alkanes of at least 4 members (excludes halogenated alkanes) is 3. The third kappa shape index (κ3) is 16.0. The van der Waals surface area contributed by atoms with Gasteiger partial charge in [0.1, 0.15) is 0 Å². The maximum Gasteiger partial charge on any atom is 0.222 e. The lowest BCUT2D eigenvalue weighted by molar-refractivity contribution is -0.125. The van der Waals surface area contributed by atoms with Crippen molar-refractivity contribution >= 4 is 18.3 Å². The molecule has 1 aromatic carbocycles. The highest BCUT2D eigenvalue weighted by atomic mass is 35.5. The fourth-order valence-electron chi connectivity index (χ4n) is 4.51. The van der Waals surface area contributed by atoms with E-state index in [1.54, 1.807) is 7.11 Å². The number of hydrogen-bond acceptors (Lipinski definition) is 7. The van der Waals surface area contributed by atoms with Crippen LogP contribution < -0.4 is 26.3 Å². The Kier molecular flexibility index (Phi) is 22.1. The average molecular weight is 588 g/mol. The molecule has 1 rings (SSSR count). The molecule has 0 fully saturated rings. The van der Waals surface area contributed by atoms with Gasteiger partial charge in [-0.2, -0.15) is 0 Å². The number of amides is 1. The normalized spacial score (nSPS) is 14.2. The molecule has 0 radical (unpaired) electrons. The summed E-state index contributed by atoms with van der Waals surface area (Å²) < 4.78 is 17.3. The molecule has 9 heteroatoms. The number of aliphatic hydroxyl groups is 1. The molecule has 1 aromatic rings. The maximum absolute atomic E-state index is 12.3. The molecule has 0 aliphatic heterocycles. The zero-order valence-electron chi connectivity index (χ0n) is 25.7. The minimum atomic E-state index is -0.729. The van der Waals surface area contributed by atoms with Gasteiger partial charge < -0.3 is 36.1 Å². The Hall–Kier alpha value is -1.58. The van der Waals surface area contributed by atoms with E-state index in [0.717, 1.165) is 62.0 Å². The molecular weight excluding hydrogens is 530 g/mol. The van der Waals surface area contributed by atoms with E-state index in [0.29, 0.717) is 51.7 Å². The number of rotatable bonds is 23. The standard InChI is InChI=1S/C31H57N3O5.ClH/c1-6-7-15-34-31(36)24(4)19-28(35)27(33)22-26(23(2)3)20-25-12-13-29(38-17-10-8-9-14-32)30(21-25)39-18-11-16-37-5;/h12-13,21,23-24,26-28,35H,6-11,14-20,22,32-33H2,1-5H3,(H,34,36);1H/t24-,26+,27+,28+;/m1./s1. The number of hydrogen-bond donors (Lipinski definition) is 4. The quantitative estimate of drug-likeness (QED) is 0.134. The van der Waals surface area contributed by atoms with Crippen LogP contribution in [0.15, 0.2) is 18.2 Å². The van der Waals surface area contributed by atoms with Crippen LogP contribution in [0.5, 0.6) is 11.5 Å². The second-order valence-electron chi connectivity index (χ2n) is 11.1. The molecule has 0 heterocycles. The monoisotopic (exact) mass is 587 g/mol. The topological polar surface area (TPSA) is 129 Å². The van der Waals surface area contributed by atoms with Gasteiger partial charge in [0.25, 0.3) is 0 Å². The molecule has 0 aliphatic carbocycles. The van der Waals surface area contributed by atoms with Crippen molar-refractivity contribution in [1.29, 1.82) is 0 Å². The van der Waals surface area contributed by atoms with E-state index in [-0.39, 0.29) is 30.2 Å². The smallest absolute Gasteiger partial charge is 0.222 e. The van der Waals surface area contributed by atoms with Crippen LogP contribution in [0.25, 0.3) is 0 Å². The number of nitrogens with one attached hydrogen (secondary N) is 1. The van der Waals surface area contributed by atoms with E-state index >= 15 is 0 Å². The van der Waals surface area contributed by atoms with Gasteiger partial charge in [-0.05, 0) is 81.0 Å². The van der Waals surface area contributed by atoms with Crippen LogP contribution in [-0.2, 0) is 16.0 Å². The van der Waals surface area contributed by atoms with Gasteiger partial charge in [-0.15, -0.1) is 12.4 Å². The minimum absolute atomic E-state index is 0. The van der Waals surface area contributed by atoms with Crippen LogP contribution >= 0.6 is 12.4 Å². The Morgan fingerprint density at radius 3 is 2.33 bits per heavy atom. The van der Waals surface area contributed by atoms with Crippen LogP contribution in [0.1, 0.15) is 84.6 Å². The predicted octanol–water partition coefficient (Wildman–Crippen LogP) is 4.87. The largest absolute Gasteiger partial charge is 0.490 e. The average Bonchev–Trinajstić information content (AvgIpc) is 2.91. The molecule has 4 atom stereocenters. The van der Waals surface area contributed by atoms with Crippen LogP contribution in [0, 0.1) is 17.8 Å². The lowest BCUT2D eigenvalue weighted by Gasteiger charge is -2.28. The number of carbonyl (C=O) groups excluding carboxylic acids is 1. The van der Waals surface area contributed by atoms with Crippen molar-refractivity contribution < 1.29 is 24.1 Å². The Morgan fingerprint density at radius 2 is 1.68 bits per heavy atom. The zero-order valence-corrected chi connectivity index (χ0v) is 26.5. The first-order valence-electron chi connectivity index (χ1n) is 15.0. The number of nitrogens with two attached hydrogens (primary N) is 2. The first kappa shape index (κ1) is 38.4. The van der Waals surface area contributed by atoms with Crippen LogP contribution in [0.2, 0.25) is 0 Å². The Morgan fingerprint density at radius 1 is 0.975 bits per heavy atom. The molecule has 1 amide bonds. The summed E-state index contributed by atoms with van der Waals surface area (Å²) in [7, 11) is 1.69. The molecule has 234 valence electrons. The molecule has 0 bridgehead atoms.